The molecule has 0 saturated carbocycles. The molecule has 1 aromatic heterocycles. The zero-order valence-electron chi connectivity index (χ0n) is 17.1. The Morgan fingerprint density at radius 1 is 1.30 bits per heavy atom. The number of aryl methyl sites for hydroxylation is 2. The second-order valence-corrected chi connectivity index (χ2v) is 8.07. The molecule has 146 valence electrons. The molecule has 1 fully saturated rings. The minimum absolute atomic E-state index is 0.236. The summed E-state index contributed by atoms with van der Waals surface area (Å²) in [5.74, 6) is 1.69. The number of likely N-dealkylation sites (tertiary alicyclic amines) is 1. The van der Waals surface area contributed by atoms with Crippen molar-refractivity contribution in [3.8, 4) is 0 Å². The van der Waals surface area contributed by atoms with Crippen molar-refractivity contribution in [2.45, 2.75) is 45.6 Å². The highest BCUT2D eigenvalue weighted by Gasteiger charge is 2.27. The van der Waals surface area contributed by atoms with E-state index in [1.165, 1.54) is 11.1 Å². The van der Waals surface area contributed by atoms with Gasteiger partial charge in [-0.05, 0) is 51.9 Å². The van der Waals surface area contributed by atoms with Crippen LogP contribution in [0.5, 0.6) is 0 Å². The van der Waals surface area contributed by atoms with Crippen molar-refractivity contribution in [1.82, 2.24) is 19.4 Å². The van der Waals surface area contributed by atoms with Gasteiger partial charge in [-0.3, -0.25) is 4.79 Å². The summed E-state index contributed by atoms with van der Waals surface area (Å²) in [4.78, 5) is 21.8. The van der Waals surface area contributed by atoms with E-state index < -0.39 is 0 Å². The Bertz CT molecular complexity index is 780. The van der Waals surface area contributed by atoms with Gasteiger partial charge in [-0.1, -0.05) is 23.8 Å². The Labute approximate surface area is 163 Å². The normalized spacial score (nSPS) is 17.5. The third-order valence-corrected chi connectivity index (χ3v) is 5.52. The Kier molecular flexibility index (Phi) is 6.32. The summed E-state index contributed by atoms with van der Waals surface area (Å²) in [5.41, 5.74) is 3.55. The fourth-order valence-electron chi connectivity index (χ4n) is 3.86. The average molecular weight is 369 g/mol. The van der Waals surface area contributed by atoms with Crippen LogP contribution in [0.1, 0.15) is 41.3 Å². The van der Waals surface area contributed by atoms with Crippen molar-refractivity contribution in [3.63, 3.8) is 0 Å². The lowest BCUT2D eigenvalue weighted by Gasteiger charge is -2.33. The summed E-state index contributed by atoms with van der Waals surface area (Å²) in [7, 11) is 4.18. The predicted octanol–water partition coefficient (Wildman–Crippen LogP) is 3.01. The number of benzene rings is 1. The van der Waals surface area contributed by atoms with Crippen LogP contribution in [0, 0.1) is 13.8 Å². The van der Waals surface area contributed by atoms with E-state index in [1.807, 2.05) is 11.1 Å². The summed E-state index contributed by atoms with van der Waals surface area (Å²) in [5, 5.41) is 0. The highest BCUT2D eigenvalue weighted by molar-refractivity contribution is 5.79. The molecule has 2 aromatic rings. The summed E-state index contributed by atoms with van der Waals surface area (Å²) in [6.07, 6.45) is 6.60. The Morgan fingerprint density at radius 3 is 2.89 bits per heavy atom. The monoisotopic (exact) mass is 368 g/mol. The molecular weight excluding hydrogens is 336 g/mol. The van der Waals surface area contributed by atoms with Crippen molar-refractivity contribution in [2.75, 3.05) is 33.7 Å². The van der Waals surface area contributed by atoms with Crippen LogP contribution < -0.4 is 0 Å². The predicted molar refractivity (Wildman–Crippen MR) is 109 cm³/mol. The summed E-state index contributed by atoms with van der Waals surface area (Å²) in [6, 6.07) is 6.36. The van der Waals surface area contributed by atoms with Gasteiger partial charge in [0.1, 0.15) is 5.82 Å². The van der Waals surface area contributed by atoms with Crippen LogP contribution in [-0.2, 0) is 17.8 Å². The van der Waals surface area contributed by atoms with E-state index in [1.54, 1.807) is 0 Å². The van der Waals surface area contributed by atoms with Crippen molar-refractivity contribution in [2.24, 2.45) is 0 Å². The van der Waals surface area contributed by atoms with E-state index >= 15 is 0 Å². The quantitative estimate of drug-likeness (QED) is 0.787. The van der Waals surface area contributed by atoms with Crippen LogP contribution in [-0.4, -0.2) is 59.0 Å². The Hall–Kier alpha value is -2.14. The van der Waals surface area contributed by atoms with E-state index in [9.17, 15) is 4.79 Å². The molecule has 5 heteroatoms. The first kappa shape index (κ1) is 19.6. The van der Waals surface area contributed by atoms with E-state index in [-0.39, 0.29) is 5.91 Å². The van der Waals surface area contributed by atoms with Crippen LogP contribution >= 0.6 is 0 Å². The maximum atomic E-state index is 12.9. The van der Waals surface area contributed by atoms with Crippen molar-refractivity contribution >= 4 is 5.91 Å². The van der Waals surface area contributed by atoms with Gasteiger partial charge in [0.05, 0.1) is 6.42 Å². The van der Waals surface area contributed by atoms with Crippen LogP contribution in [0.25, 0.3) is 0 Å². The molecule has 1 atom stereocenters. The van der Waals surface area contributed by atoms with Gasteiger partial charge in [-0.25, -0.2) is 4.98 Å². The molecule has 0 unspecified atom stereocenters. The number of carbonyl (C=O) groups excluding carboxylic acids is 1. The zero-order chi connectivity index (χ0) is 19.4. The molecule has 0 bridgehead atoms. The third kappa shape index (κ3) is 4.98. The molecule has 0 N–H and O–H groups in total. The number of likely N-dealkylation sites (N-methyl/N-ethyl adjacent to an activating group) is 1. The second kappa shape index (κ2) is 8.70. The van der Waals surface area contributed by atoms with Gasteiger partial charge in [0.15, 0.2) is 0 Å². The molecule has 3 rings (SSSR count). The molecule has 1 aromatic carbocycles. The lowest BCUT2D eigenvalue weighted by atomic mass is 9.96. The zero-order valence-corrected chi connectivity index (χ0v) is 17.1. The van der Waals surface area contributed by atoms with Gasteiger partial charge >= 0.3 is 0 Å². The van der Waals surface area contributed by atoms with E-state index in [2.05, 4.69) is 66.8 Å². The fourth-order valence-corrected chi connectivity index (χ4v) is 3.86. The maximum absolute atomic E-state index is 12.9. The average Bonchev–Trinajstić information content (AvgIpc) is 3.12. The summed E-state index contributed by atoms with van der Waals surface area (Å²) >= 11 is 0. The van der Waals surface area contributed by atoms with E-state index in [0.717, 1.165) is 50.4 Å². The van der Waals surface area contributed by atoms with Gasteiger partial charge in [-0.2, -0.15) is 0 Å². The number of amides is 1. The highest BCUT2D eigenvalue weighted by Crippen LogP contribution is 2.26. The van der Waals surface area contributed by atoms with Crippen LogP contribution in [0.3, 0.4) is 0 Å². The number of nitrogens with zero attached hydrogens (tertiary/aromatic N) is 4. The smallest absolute Gasteiger partial charge is 0.227 e. The number of imidazole rings is 1. The molecular formula is C22H32N4O. The number of hydrogen-bond acceptors (Lipinski definition) is 3. The number of aromatic nitrogens is 2. The number of piperidine rings is 1. The van der Waals surface area contributed by atoms with Crippen LogP contribution in [0.2, 0.25) is 0 Å². The topological polar surface area (TPSA) is 41.4 Å². The Morgan fingerprint density at radius 2 is 2.11 bits per heavy atom. The largest absolute Gasteiger partial charge is 0.342 e. The lowest BCUT2D eigenvalue weighted by molar-refractivity contribution is -0.131. The fraction of sp³-hybridized carbons (Fsp3) is 0.545. The molecule has 2 heterocycles. The number of rotatable bonds is 6. The minimum atomic E-state index is 0.236. The Balaban J connectivity index is 1.66. The summed E-state index contributed by atoms with van der Waals surface area (Å²) in [6.45, 7) is 7.74. The third-order valence-electron chi connectivity index (χ3n) is 5.52. The molecule has 0 aliphatic carbocycles. The van der Waals surface area contributed by atoms with E-state index in [0.29, 0.717) is 12.3 Å². The van der Waals surface area contributed by atoms with E-state index in [4.69, 9.17) is 0 Å². The highest BCUT2D eigenvalue weighted by atomic mass is 16.2. The first-order chi connectivity index (χ1) is 12.9. The molecule has 1 aliphatic rings. The maximum Gasteiger partial charge on any atom is 0.227 e. The van der Waals surface area contributed by atoms with Crippen LogP contribution in [0.4, 0.5) is 0 Å². The molecule has 0 spiro atoms. The van der Waals surface area contributed by atoms with Gasteiger partial charge in [0.2, 0.25) is 5.91 Å². The summed E-state index contributed by atoms with van der Waals surface area (Å²) < 4.78 is 2.25. The van der Waals surface area contributed by atoms with Crippen molar-refractivity contribution < 1.29 is 4.79 Å². The molecule has 5 nitrogen and oxygen atoms in total. The van der Waals surface area contributed by atoms with Crippen molar-refractivity contribution in [3.05, 3.63) is 53.1 Å². The molecule has 1 aliphatic heterocycles. The number of carbonyl (C=O) groups is 1. The lowest BCUT2D eigenvalue weighted by Crippen LogP contribution is -2.40. The first-order valence-electron chi connectivity index (χ1n) is 9.93. The molecule has 1 saturated heterocycles. The van der Waals surface area contributed by atoms with Crippen LogP contribution in [0.15, 0.2) is 30.6 Å². The van der Waals surface area contributed by atoms with Crippen molar-refractivity contribution in [1.29, 1.82) is 0 Å². The van der Waals surface area contributed by atoms with Gasteiger partial charge in [-0.15, -0.1) is 0 Å². The van der Waals surface area contributed by atoms with Gasteiger partial charge in [0.25, 0.3) is 0 Å². The SMILES string of the molecule is Cc1ccc(C)c(CC(=O)N2CCC[C@H](c3nccn3CCN(C)C)C2)c1. The number of hydrogen-bond donors (Lipinski definition) is 0. The second-order valence-electron chi connectivity index (χ2n) is 8.07. The van der Waals surface area contributed by atoms with Gasteiger partial charge < -0.3 is 14.4 Å². The van der Waals surface area contributed by atoms with Gasteiger partial charge in [0, 0.05) is 44.5 Å². The first-order valence-corrected chi connectivity index (χ1v) is 9.93. The molecule has 1 amide bonds. The standard InChI is InChI=1S/C22H32N4O/c1-17-7-8-18(2)20(14-17)15-21(27)26-10-5-6-19(16-26)22-23-9-11-25(22)13-12-24(3)4/h7-9,11,14,19H,5-6,10,12-13,15-16H2,1-4H3/t19-/m0/s1. The molecule has 0 radical (unpaired) electrons. The molecule has 27 heavy (non-hydrogen) atoms. The minimum Gasteiger partial charge on any atom is -0.342 e.